The van der Waals surface area contributed by atoms with Crippen LogP contribution in [0.1, 0.15) is 11.3 Å². The lowest BCUT2D eigenvalue weighted by atomic mass is 10.1. The summed E-state index contributed by atoms with van der Waals surface area (Å²) in [5.41, 5.74) is -0.445. The summed E-state index contributed by atoms with van der Waals surface area (Å²) in [5.74, 6) is -0.476. The third-order valence-corrected chi connectivity index (χ3v) is 2.68. The van der Waals surface area contributed by atoms with Gasteiger partial charge in [-0.05, 0) is 18.2 Å². The first kappa shape index (κ1) is 14.8. The lowest BCUT2D eigenvalue weighted by Gasteiger charge is -2.08. The third kappa shape index (κ3) is 3.95. The molecule has 0 unspecified atom stereocenters. The maximum Gasteiger partial charge on any atom is 0.433 e. The SMILES string of the molecule is O=C(Cc1ccccc1O)Nc1ccc(C(F)(F)F)nc1. The molecule has 0 atom stereocenters. The molecule has 0 spiro atoms. The molecule has 0 saturated heterocycles. The molecule has 0 aliphatic rings. The number of nitrogens with one attached hydrogen (secondary N) is 1. The van der Waals surface area contributed by atoms with Crippen LogP contribution in [0, 0.1) is 0 Å². The Morgan fingerprint density at radius 3 is 2.48 bits per heavy atom. The fraction of sp³-hybridized carbons (Fsp3) is 0.143. The smallest absolute Gasteiger partial charge is 0.433 e. The number of amides is 1. The van der Waals surface area contributed by atoms with E-state index in [1.54, 1.807) is 18.2 Å². The average Bonchev–Trinajstić information content (AvgIpc) is 2.41. The van der Waals surface area contributed by atoms with Gasteiger partial charge >= 0.3 is 6.18 Å². The van der Waals surface area contributed by atoms with E-state index in [0.717, 1.165) is 18.3 Å². The summed E-state index contributed by atoms with van der Waals surface area (Å²) in [6.45, 7) is 0. The van der Waals surface area contributed by atoms with Crippen LogP contribution in [-0.2, 0) is 17.4 Å². The van der Waals surface area contributed by atoms with E-state index in [1.807, 2.05) is 0 Å². The first-order valence-corrected chi connectivity index (χ1v) is 5.96. The molecule has 2 rings (SSSR count). The second-order valence-electron chi connectivity index (χ2n) is 4.28. The van der Waals surface area contributed by atoms with Crippen LogP contribution in [0.3, 0.4) is 0 Å². The first-order valence-electron chi connectivity index (χ1n) is 5.96. The standard InChI is InChI=1S/C14H11F3N2O2/c15-14(16,17)12-6-5-10(8-18-12)19-13(21)7-9-3-1-2-4-11(9)20/h1-6,8,20H,7H2,(H,19,21). The molecule has 1 heterocycles. The number of aromatic nitrogens is 1. The fourth-order valence-corrected chi connectivity index (χ4v) is 1.67. The summed E-state index contributed by atoms with van der Waals surface area (Å²) in [5, 5.41) is 12.0. The second kappa shape index (κ2) is 5.82. The monoisotopic (exact) mass is 296 g/mol. The van der Waals surface area contributed by atoms with Crippen molar-refractivity contribution < 1.29 is 23.1 Å². The van der Waals surface area contributed by atoms with Gasteiger partial charge in [0.15, 0.2) is 0 Å². The Bertz CT molecular complexity index is 639. The highest BCUT2D eigenvalue weighted by molar-refractivity contribution is 5.92. The zero-order chi connectivity index (χ0) is 15.5. The Balaban J connectivity index is 2.02. The normalized spacial score (nSPS) is 11.2. The third-order valence-electron chi connectivity index (χ3n) is 2.68. The molecule has 110 valence electrons. The Morgan fingerprint density at radius 2 is 1.90 bits per heavy atom. The second-order valence-corrected chi connectivity index (χ2v) is 4.28. The molecule has 1 aromatic carbocycles. The minimum Gasteiger partial charge on any atom is -0.508 e. The van der Waals surface area contributed by atoms with Crippen molar-refractivity contribution >= 4 is 11.6 Å². The number of rotatable bonds is 3. The number of hydrogen-bond acceptors (Lipinski definition) is 3. The number of hydrogen-bond donors (Lipinski definition) is 2. The topological polar surface area (TPSA) is 62.2 Å². The number of halogens is 3. The van der Waals surface area contributed by atoms with Crippen LogP contribution < -0.4 is 5.32 Å². The van der Waals surface area contributed by atoms with E-state index in [-0.39, 0.29) is 17.9 Å². The van der Waals surface area contributed by atoms with E-state index < -0.39 is 17.8 Å². The van der Waals surface area contributed by atoms with E-state index in [2.05, 4.69) is 10.3 Å². The fourth-order valence-electron chi connectivity index (χ4n) is 1.67. The van der Waals surface area contributed by atoms with E-state index in [4.69, 9.17) is 0 Å². The number of benzene rings is 1. The molecule has 2 aromatic rings. The van der Waals surface area contributed by atoms with Crippen LogP contribution in [-0.4, -0.2) is 16.0 Å². The van der Waals surface area contributed by atoms with E-state index in [0.29, 0.717) is 5.56 Å². The molecule has 4 nitrogen and oxygen atoms in total. The Kier molecular flexibility index (Phi) is 4.11. The largest absolute Gasteiger partial charge is 0.508 e. The zero-order valence-corrected chi connectivity index (χ0v) is 10.7. The van der Waals surface area contributed by atoms with Gasteiger partial charge < -0.3 is 10.4 Å². The van der Waals surface area contributed by atoms with Gasteiger partial charge in [0.25, 0.3) is 0 Å². The summed E-state index contributed by atoms with van der Waals surface area (Å²) in [4.78, 5) is 15.0. The highest BCUT2D eigenvalue weighted by Crippen LogP contribution is 2.27. The van der Waals surface area contributed by atoms with Gasteiger partial charge in [0.05, 0.1) is 18.3 Å². The van der Waals surface area contributed by atoms with Crippen molar-refractivity contribution in [3.05, 3.63) is 53.9 Å². The quantitative estimate of drug-likeness (QED) is 0.915. The maximum absolute atomic E-state index is 12.3. The van der Waals surface area contributed by atoms with Crippen molar-refractivity contribution in [2.45, 2.75) is 12.6 Å². The molecule has 0 saturated carbocycles. The van der Waals surface area contributed by atoms with E-state index >= 15 is 0 Å². The van der Waals surface area contributed by atoms with Crippen molar-refractivity contribution in [3.8, 4) is 5.75 Å². The van der Waals surface area contributed by atoms with Gasteiger partial charge in [-0.25, -0.2) is 4.98 Å². The summed E-state index contributed by atoms with van der Waals surface area (Å²) < 4.78 is 37.0. The summed E-state index contributed by atoms with van der Waals surface area (Å²) in [7, 11) is 0. The molecule has 0 aliphatic carbocycles. The number of alkyl halides is 3. The van der Waals surface area contributed by atoms with Crippen LogP contribution in [0.4, 0.5) is 18.9 Å². The van der Waals surface area contributed by atoms with Crippen LogP contribution in [0.25, 0.3) is 0 Å². The first-order chi connectivity index (χ1) is 9.86. The highest BCUT2D eigenvalue weighted by atomic mass is 19.4. The summed E-state index contributed by atoms with van der Waals surface area (Å²) in [6, 6.07) is 8.23. The number of phenolic OH excluding ortho intramolecular Hbond substituents is 1. The number of carbonyl (C=O) groups excluding carboxylic acids is 1. The minimum atomic E-state index is -4.52. The maximum atomic E-state index is 12.3. The molecule has 7 heteroatoms. The highest BCUT2D eigenvalue weighted by Gasteiger charge is 2.32. The van der Waals surface area contributed by atoms with E-state index in [1.165, 1.54) is 6.07 Å². The Labute approximate surface area is 118 Å². The Hall–Kier alpha value is -2.57. The van der Waals surface area contributed by atoms with Gasteiger partial charge in [-0.15, -0.1) is 0 Å². The predicted molar refractivity (Wildman–Crippen MR) is 69.7 cm³/mol. The molecule has 21 heavy (non-hydrogen) atoms. The molecule has 1 aromatic heterocycles. The number of phenols is 1. The zero-order valence-electron chi connectivity index (χ0n) is 10.7. The summed E-state index contributed by atoms with van der Waals surface area (Å²) in [6.07, 6.45) is -3.67. The number of para-hydroxylation sites is 1. The molecule has 1 amide bonds. The molecule has 2 N–H and O–H groups in total. The van der Waals surface area contributed by atoms with Crippen LogP contribution in [0.15, 0.2) is 42.6 Å². The van der Waals surface area contributed by atoms with Crippen molar-refractivity contribution in [1.82, 2.24) is 4.98 Å². The van der Waals surface area contributed by atoms with Gasteiger partial charge in [0, 0.05) is 5.56 Å². The van der Waals surface area contributed by atoms with Crippen molar-refractivity contribution in [2.24, 2.45) is 0 Å². The molecule has 0 radical (unpaired) electrons. The number of nitrogens with zero attached hydrogens (tertiary/aromatic N) is 1. The van der Waals surface area contributed by atoms with Crippen molar-refractivity contribution in [2.75, 3.05) is 5.32 Å². The van der Waals surface area contributed by atoms with Crippen LogP contribution >= 0.6 is 0 Å². The number of anilines is 1. The lowest BCUT2D eigenvalue weighted by Crippen LogP contribution is -2.15. The van der Waals surface area contributed by atoms with Gasteiger partial charge in [0.2, 0.25) is 5.91 Å². The predicted octanol–water partition coefficient (Wildman–Crippen LogP) is 2.99. The molecule has 0 aliphatic heterocycles. The number of aromatic hydroxyl groups is 1. The molecular weight excluding hydrogens is 285 g/mol. The van der Waals surface area contributed by atoms with Gasteiger partial charge in [-0.2, -0.15) is 13.2 Å². The average molecular weight is 296 g/mol. The minimum absolute atomic E-state index is 0.0156. The van der Waals surface area contributed by atoms with Crippen LogP contribution in [0.2, 0.25) is 0 Å². The van der Waals surface area contributed by atoms with Gasteiger partial charge in [-0.1, -0.05) is 18.2 Å². The van der Waals surface area contributed by atoms with Gasteiger partial charge in [-0.3, -0.25) is 4.79 Å². The van der Waals surface area contributed by atoms with Crippen molar-refractivity contribution in [3.63, 3.8) is 0 Å². The van der Waals surface area contributed by atoms with E-state index in [9.17, 15) is 23.1 Å². The lowest BCUT2D eigenvalue weighted by molar-refractivity contribution is -0.141. The van der Waals surface area contributed by atoms with Gasteiger partial charge in [0.1, 0.15) is 11.4 Å². The number of pyridine rings is 1. The molecule has 0 bridgehead atoms. The van der Waals surface area contributed by atoms with Crippen LogP contribution in [0.5, 0.6) is 5.75 Å². The summed E-state index contributed by atoms with van der Waals surface area (Å²) >= 11 is 0. The Morgan fingerprint density at radius 1 is 1.19 bits per heavy atom. The molecule has 0 fully saturated rings. The number of carbonyl (C=O) groups is 1. The molecular formula is C14H11F3N2O2. The van der Waals surface area contributed by atoms with Crippen molar-refractivity contribution in [1.29, 1.82) is 0 Å².